The Morgan fingerprint density at radius 1 is 1.19 bits per heavy atom. The number of fused-ring (bicyclic) bond motifs is 1. The molecular formula is C15H18O. The fraction of sp³-hybridized carbons (Fsp3) is 0.467. The third kappa shape index (κ3) is 1.38. The maximum absolute atomic E-state index is 5.86. The van der Waals surface area contributed by atoms with Crippen molar-refractivity contribution < 1.29 is 4.42 Å². The number of aryl methyl sites for hydroxylation is 1. The van der Waals surface area contributed by atoms with Crippen molar-refractivity contribution in [1.82, 2.24) is 0 Å². The van der Waals surface area contributed by atoms with Crippen LogP contribution in [-0.2, 0) is 0 Å². The van der Waals surface area contributed by atoms with E-state index < -0.39 is 0 Å². The van der Waals surface area contributed by atoms with Crippen LogP contribution in [0.3, 0.4) is 0 Å². The molecule has 1 unspecified atom stereocenters. The summed E-state index contributed by atoms with van der Waals surface area (Å²) < 4.78 is 5.86. The van der Waals surface area contributed by atoms with E-state index in [9.17, 15) is 0 Å². The van der Waals surface area contributed by atoms with Crippen molar-refractivity contribution in [2.75, 3.05) is 0 Å². The number of furan rings is 1. The van der Waals surface area contributed by atoms with Crippen molar-refractivity contribution in [2.24, 2.45) is 5.92 Å². The average molecular weight is 214 g/mol. The lowest BCUT2D eigenvalue weighted by atomic mass is 9.88. The van der Waals surface area contributed by atoms with Crippen molar-refractivity contribution in [3.63, 3.8) is 0 Å². The lowest BCUT2D eigenvalue weighted by Gasteiger charge is -2.14. The van der Waals surface area contributed by atoms with E-state index in [1.54, 1.807) is 0 Å². The van der Waals surface area contributed by atoms with Crippen molar-refractivity contribution in [1.29, 1.82) is 0 Å². The first-order valence-corrected chi connectivity index (χ1v) is 6.25. The number of hydrogen-bond acceptors (Lipinski definition) is 1. The topological polar surface area (TPSA) is 13.1 Å². The molecule has 1 aromatic carbocycles. The predicted molar refractivity (Wildman–Crippen MR) is 66.7 cm³/mol. The molecule has 2 aromatic rings. The first-order valence-electron chi connectivity index (χ1n) is 6.25. The summed E-state index contributed by atoms with van der Waals surface area (Å²) in [7, 11) is 0. The third-order valence-electron chi connectivity index (χ3n) is 4.05. The van der Waals surface area contributed by atoms with Gasteiger partial charge < -0.3 is 4.42 Å². The summed E-state index contributed by atoms with van der Waals surface area (Å²) >= 11 is 0. The van der Waals surface area contributed by atoms with Crippen molar-refractivity contribution in [2.45, 2.75) is 39.0 Å². The number of para-hydroxylation sites is 1. The van der Waals surface area contributed by atoms with Crippen LogP contribution in [0.2, 0.25) is 0 Å². The predicted octanol–water partition coefficient (Wildman–Crippen LogP) is 4.64. The Bertz CT molecular complexity index is 509. The molecule has 0 spiro atoms. The summed E-state index contributed by atoms with van der Waals surface area (Å²) in [6.45, 7) is 4.49. The molecule has 0 N–H and O–H groups in total. The van der Waals surface area contributed by atoms with Gasteiger partial charge in [0.25, 0.3) is 0 Å². The molecule has 1 heterocycles. The standard InChI is InChI=1S/C15H18O/c1-10-6-5-8-12(10)15-11(2)16-14-9-4-3-7-13(14)15/h3-4,7,9-10,12H,5-6,8H2,1-2H3/t10-,12?/m1/s1. The number of hydrogen-bond donors (Lipinski definition) is 0. The highest BCUT2D eigenvalue weighted by molar-refractivity contribution is 5.82. The third-order valence-corrected chi connectivity index (χ3v) is 4.05. The van der Waals surface area contributed by atoms with Gasteiger partial charge in [0.05, 0.1) is 0 Å². The van der Waals surface area contributed by atoms with Crippen LogP contribution in [0.1, 0.15) is 43.4 Å². The molecule has 0 saturated heterocycles. The molecule has 1 aliphatic carbocycles. The monoisotopic (exact) mass is 214 g/mol. The molecular weight excluding hydrogens is 196 g/mol. The minimum atomic E-state index is 0.712. The van der Waals surface area contributed by atoms with E-state index in [0.717, 1.165) is 17.3 Å². The van der Waals surface area contributed by atoms with Gasteiger partial charge in [-0.05, 0) is 31.2 Å². The molecule has 16 heavy (non-hydrogen) atoms. The van der Waals surface area contributed by atoms with E-state index in [1.807, 2.05) is 6.07 Å². The molecule has 1 heteroatoms. The van der Waals surface area contributed by atoms with E-state index in [4.69, 9.17) is 4.42 Å². The minimum Gasteiger partial charge on any atom is -0.461 e. The highest BCUT2D eigenvalue weighted by Crippen LogP contribution is 2.44. The van der Waals surface area contributed by atoms with Gasteiger partial charge >= 0.3 is 0 Å². The van der Waals surface area contributed by atoms with Gasteiger partial charge in [-0.2, -0.15) is 0 Å². The second-order valence-corrected chi connectivity index (χ2v) is 5.08. The molecule has 1 fully saturated rings. The zero-order chi connectivity index (χ0) is 11.1. The van der Waals surface area contributed by atoms with Crippen LogP contribution in [0.25, 0.3) is 11.0 Å². The van der Waals surface area contributed by atoms with Crippen LogP contribution in [0.15, 0.2) is 28.7 Å². The zero-order valence-corrected chi connectivity index (χ0v) is 9.99. The molecule has 1 aliphatic rings. The summed E-state index contributed by atoms with van der Waals surface area (Å²) in [5.41, 5.74) is 2.52. The smallest absolute Gasteiger partial charge is 0.134 e. The molecule has 0 radical (unpaired) electrons. The Balaban J connectivity index is 2.18. The summed E-state index contributed by atoms with van der Waals surface area (Å²) in [4.78, 5) is 0. The van der Waals surface area contributed by atoms with Gasteiger partial charge in [0.1, 0.15) is 11.3 Å². The molecule has 0 amide bonds. The Labute approximate surface area is 96.5 Å². The molecule has 1 nitrogen and oxygen atoms in total. The van der Waals surface area contributed by atoms with Crippen molar-refractivity contribution in [3.8, 4) is 0 Å². The van der Waals surface area contributed by atoms with E-state index in [1.165, 1.54) is 30.2 Å². The highest BCUT2D eigenvalue weighted by atomic mass is 16.3. The minimum absolute atomic E-state index is 0.712. The van der Waals surface area contributed by atoms with Gasteiger partial charge in [0.2, 0.25) is 0 Å². The Hall–Kier alpha value is -1.24. The van der Waals surface area contributed by atoms with Crippen LogP contribution >= 0.6 is 0 Å². The van der Waals surface area contributed by atoms with E-state index in [-0.39, 0.29) is 0 Å². The molecule has 0 bridgehead atoms. The van der Waals surface area contributed by atoms with E-state index in [2.05, 4.69) is 32.0 Å². The van der Waals surface area contributed by atoms with Gasteiger partial charge in [0.15, 0.2) is 0 Å². The van der Waals surface area contributed by atoms with Crippen LogP contribution in [0.4, 0.5) is 0 Å². The second kappa shape index (κ2) is 3.65. The van der Waals surface area contributed by atoms with Crippen molar-refractivity contribution in [3.05, 3.63) is 35.6 Å². The highest BCUT2D eigenvalue weighted by Gasteiger charge is 2.29. The largest absolute Gasteiger partial charge is 0.461 e. The molecule has 0 aliphatic heterocycles. The van der Waals surface area contributed by atoms with Gasteiger partial charge in [-0.25, -0.2) is 0 Å². The Morgan fingerprint density at radius 3 is 2.75 bits per heavy atom. The van der Waals surface area contributed by atoms with E-state index >= 15 is 0 Å². The summed E-state index contributed by atoms with van der Waals surface area (Å²) in [6.07, 6.45) is 4.06. The maximum atomic E-state index is 5.86. The van der Waals surface area contributed by atoms with Gasteiger partial charge in [0, 0.05) is 10.9 Å². The first-order chi connectivity index (χ1) is 7.77. The van der Waals surface area contributed by atoms with Crippen LogP contribution in [-0.4, -0.2) is 0 Å². The number of benzene rings is 1. The molecule has 1 aromatic heterocycles. The summed E-state index contributed by atoms with van der Waals surface area (Å²) in [5, 5.41) is 1.33. The van der Waals surface area contributed by atoms with Crippen LogP contribution in [0, 0.1) is 12.8 Å². The summed E-state index contributed by atoms with van der Waals surface area (Å²) in [5.74, 6) is 2.64. The summed E-state index contributed by atoms with van der Waals surface area (Å²) in [6, 6.07) is 8.44. The Kier molecular flexibility index (Phi) is 2.27. The molecule has 3 rings (SSSR count). The van der Waals surface area contributed by atoms with Crippen LogP contribution in [0.5, 0.6) is 0 Å². The number of rotatable bonds is 1. The first kappa shape index (κ1) is 9.95. The Morgan fingerprint density at radius 2 is 2.00 bits per heavy atom. The fourth-order valence-corrected chi connectivity index (χ4v) is 3.22. The van der Waals surface area contributed by atoms with Gasteiger partial charge in [-0.15, -0.1) is 0 Å². The molecule has 2 atom stereocenters. The lowest BCUT2D eigenvalue weighted by molar-refractivity contribution is 0.510. The van der Waals surface area contributed by atoms with Crippen molar-refractivity contribution >= 4 is 11.0 Å². The maximum Gasteiger partial charge on any atom is 0.134 e. The SMILES string of the molecule is Cc1oc2ccccc2c1C1CCC[C@H]1C. The van der Waals surface area contributed by atoms with Crippen LogP contribution < -0.4 is 0 Å². The average Bonchev–Trinajstić information content (AvgIpc) is 2.81. The molecule has 1 saturated carbocycles. The fourth-order valence-electron chi connectivity index (χ4n) is 3.22. The lowest BCUT2D eigenvalue weighted by Crippen LogP contribution is -2.02. The molecule has 84 valence electrons. The normalized spacial score (nSPS) is 25.4. The zero-order valence-electron chi connectivity index (χ0n) is 9.99. The second-order valence-electron chi connectivity index (χ2n) is 5.08. The van der Waals surface area contributed by atoms with Gasteiger partial charge in [-0.1, -0.05) is 38.0 Å². The van der Waals surface area contributed by atoms with Gasteiger partial charge in [-0.3, -0.25) is 0 Å². The van der Waals surface area contributed by atoms with E-state index in [0.29, 0.717) is 5.92 Å². The quantitative estimate of drug-likeness (QED) is 0.673.